The normalized spacial score (nSPS) is 11.5. The van der Waals surface area contributed by atoms with E-state index in [0.717, 1.165) is 0 Å². The Hall–Kier alpha value is -4.56. The third-order valence-electron chi connectivity index (χ3n) is 5.39. The van der Waals surface area contributed by atoms with Crippen LogP contribution in [0, 0.1) is 17.0 Å². The van der Waals surface area contributed by atoms with E-state index in [-0.39, 0.29) is 5.69 Å². The van der Waals surface area contributed by atoms with Gasteiger partial charge in [0.15, 0.2) is 5.60 Å². The number of benzene rings is 3. The molecule has 34 heavy (non-hydrogen) atoms. The smallest absolute Gasteiger partial charge is 0.281 e. The number of nitrogens with one attached hydrogen (secondary N) is 1. The molecule has 2 N–H and O–H groups in total. The maximum absolute atomic E-state index is 13.0. The Morgan fingerprint density at radius 3 is 2.21 bits per heavy atom. The van der Waals surface area contributed by atoms with Crippen molar-refractivity contribution in [1.82, 2.24) is 5.43 Å². The second-order valence-electron chi connectivity index (χ2n) is 7.60. The molecule has 8 nitrogen and oxygen atoms in total. The number of hydrazone groups is 1. The van der Waals surface area contributed by atoms with Crippen LogP contribution in [0.5, 0.6) is 0 Å². The second kappa shape index (κ2) is 9.51. The first-order chi connectivity index (χ1) is 16.4. The van der Waals surface area contributed by atoms with Crippen LogP contribution < -0.4 is 5.43 Å². The predicted molar refractivity (Wildman–Crippen MR) is 127 cm³/mol. The molecule has 3 aromatic carbocycles. The van der Waals surface area contributed by atoms with E-state index >= 15 is 0 Å². The lowest BCUT2D eigenvalue weighted by atomic mass is 9.85. The molecule has 0 saturated carbocycles. The van der Waals surface area contributed by atoms with E-state index in [1.54, 1.807) is 91.9 Å². The van der Waals surface area contributed by atoms with Crippen molar-refractivity contribution in [2.75, 3.05) is 0 Å². The minimum Gasteiger partial charge on any atom is -0.455 e. The molecule has 0 fully saturated rings. The fraction of sp³-hybridized carbons (Fsp3) is 0.0769. The van der Waals surface area contributed by atoms with Crippen LogP contribution in [-0.4, -0.2) is 22.2 Å². The number of nitrogens with zero attached hydrogens (tertiary/aromatic N) is 2. The molecule has 0 saturated heterocycles. The highest BCUT2D eigenvalue weighted by Crippen LogP contribution is 2.30. The van der Waals surface area contributed by atoms with Crippen molar-refractivity contribution in [2.45, 2.75) is 12.5 Å². The summed E-state index contributed by atoms with van der Waals surface area (Å²) in [6.07, 6.45) is 1.29. The fourth-order valence-corrected chi connectivity index (χ4v) is 3.56. The van der Waals surface area contributed by atoms with Crippen molar-refractivity contribution >= 4 is 17.8 Å². The number of amides is 1. The zero-order valence-corrected chi connectivity index (χ0v) is 18.2. The molecule has 0 aliphatic carbocycles. The number of hydrogen-bond donors (Lipinski definition) is 2. The number of aryl methyl sites for hydroxylation is 1. The molecular weight excluding hydrogens is 434 g/mol. The number of nitro groups is 1. The summed E-state index contributed by atoms with van der Waals surface area (Å²) in [5, 5.41) is 26.5. The summed E-state index contributed by atoms with van der Waals surface area (Å²) in [7, 11) is 0. The van der Waals surface area contributed by atoms with Gasteiger partial charge in [-0.3, -0.25) is 14.9 Å². The van der Waals surface area contributed by atoms with E-state index in [1.807, 2.05) is 0 Å². The highest BCUT2D eigenvalue weighted by atomic mass is 16.6. The highest BCUT2D eigenvalue weighted by molar-refractivity contribution is 5.91. The molecule has 1 amide bonds. The Bertz CT molecular complexity index is 1310. The first-order valence-corrected chi connectivity index (χ1v) is 10.4. The third kappa shape index (κ3) is 4.48. The van der Waals surface area contributed by atoms with Crippen molar-refractivity contribution in [3.05, 3.63) is 124 Å². The lowest BCUT2D eigenvalue weighted by molar-refractivity contribution is -0.385. The Morgan fingerprint density at radius 1 is 1.00 bits per heavy atom. The molecular formula is C26H21N3O5. The average Bonchev–Trinajstić information content (AvgIpc) is 3.33. The summed E-state index contributed by atoms with van der Waals surface area (Å²) in [6.45, 7) is 1.66. The number of aliphatic hydroxyl groups is 1. The SMILES string of the molecule is Cc1ccc(-c2ccc(/C=N/NC(=O)C(O)(c3ccccc3)c3ccccc3)o2)cc1[N+](=O)[O-]. The topological polar surface area (TPSA) is 118 Å². The molecule has 0 aliphatic rings. The van der Waals surface area contributed by atoms with Crippen molar-refractivity contribution in [3.63, 3.8) is 0 Å². The van der Waals surface area contributed by atoms with E-state index in [4.69, 9.17) is 4.42 Å². The first kappa shape index (κ1) is 22.6. The van der Waals surface area contributed by atoms with Gasteiger partial charge in [0.1, 0.15) is 11.5 Å². The fourth-order valence-electron chi connectivity index (χ4n) is 3.56. The van der Waals surface area contributed by atoms with Crippen LogP contribution in [0.3, 0.4) is 0 Å². The average molecular weight is 455 g/mol. The van der Waals surface area contributed by atoms with Crippen LogP contribution in [0.15, 0.2) is 101 Å². The van der Waals surface area contributed by atoms with Crippen LogP contribution >= 0.6 is 0 Å². The molecule has 4 rings (SSSR count). The van der Waals surface area contributed by atoms with Gasteiger partial charge in [0, 0.05) is 17.2 Å². The first-order valence-electron chi connectivity index (χ1n) is 10.4. The van der Waals surface area contributed by atoms with Gasteiger partial charge < -0.3 is 9.52 Å². The number of rotatable bonds is 7. The van der Waals surface area contributed by atoms with Crippen LogP contribution in [0.25, 0.3) is 11.3 Å². The number of carbonyl (C=O) groups excluding carboxylic acids is 1. The van der Waals surface area contributed by atoms with Gasteiger partial charge in [-0.05, 0) is 30.2 Å². The number of nitro benzene ring substituents is 1. The van der Waals surface area contributed by atoms with Crippen LogP contribution in [0.2, 0.25) is 0 Å². The Kier molecular flexibility index (Phi) is 6.33. The monoisotopic (exact) mass is 455 g/mol. The molecule has 1 aromatic heterocycles. The third-order valence-corrected chi connectivity index (χ3v) is 5.39. The van der Waals surface area contributed by atoms with Gasteiger partial charge in [-0.15, -0.1) is 0 Å². The Labute approximate surface area is 195 Å². The molecule has 0 bridgehead atoms. The number of hydrogen-bond acceptors (Lipinski definition) is 6. The summed E-state index contributed by atoms with van der Waals surface area (Å²) < 4.78 is 5.70. The largest absolute Gasteiger partial charge is 0.455 e. The van der Waals surface area contributed by atoms with E-state index in [0.29, 0.717) is 33.8 Å². The van der Waals surface area contributed by atoms with Gasteiger partial charge in [-0.2, -0.15) is 5.10 Å². The van der Waals surface area contributed by atoms with Crippen LogP contribution in [0.1, 0.15) is 22.5 Å². The molecule has 170 valence electrons. The molecule has 0 spiro atoms. The summed E-state index contributed by atoms with van der Waals surface area (Å²) in [5.41, 5.74) is 2.32. The molecule has 0 unspecified atom stereocenters. The van der Waals surface area contributed by atoms with Gasteiger partial charge in [0.25, 0.3) is 11.6 Å². The maximum Gasteiger partial charge on any atom is 0.281 e. The molecule has 8 heteroatoms. The zero-order valence-electron chi connectivity index (χ0n) is 18.2. The quantitative estimate of drug-likeness (QED) is 0.241. The Balaban J connectivity index is 1.54. The lowest BCUT2D eigenvalue weighted by Gasteiger charge is -2.26. The van der Waals surface area contributed by atoms with E-state index in [2.05, 4.69) is 10.5 Å². The zero-order chi connectivity index (χ0) is 24.1. The summed E-state index contributed by atoms with van der Waals surface area (Å²) in [5.74, 6) is 0.00420. The van der Waals surface area contributed by atoms with Gasteiger partial charge >= 0.3 is 0 Å². The molecule has 4 aromatic rings. The number of furan rings is 1. The van der Waals surface area contributed by atoms with Crippen molar-refractivity contribution in [2.24, 2.45) is 5.10 Å². The summed E-state index contributed by atoms with van der Waals surface area (Å²) in [6, 6.07) is 25.3. The predicted octanol–water partition coefficient (Wildman–Crippen LogP) is 4.55. The van der Waals surface area contributed by atoms with Crippen molar-refractivity contribution in [3.8, 4) is 11.3 Å². The van der Waals surface area contributed by atoms with E-state index < -0.39 is 16.4 Å². The van der Waals surface area contributed by atoms with E-state index in [1.165, 1.54) is 12.3 Å². The second-order valence-corrected chi connectivity index (χ2v) is 7.60. The number of carbonyl (C=O) groups is 1. The van der Waals surface area contributed by atoms with Gasteiger partial charge in [-0.25, -0.2) is 5.43 Å². The minimum absolute atomic E-state index is 0.00232. The summed E-state index contributed by atoms with van der Waals surface area (Å²) >= 11 is 0. The maximum atomic E-state index is 13.0. The molecule has 0 aliphatic heterocycles. The minimum atomic E-state index is -1.95. The Morgan fingerprint density at radius 2 is 1.62 bits per heavy atom. The molecule has 0 atom stereocenters. The summed E-state index contributed by atoms with van der Waals surface area (Å²) in [4.78, 5) is 23.8. The standard InChI is InChI=1S/C26H21N3O5/c1-18-12-13-19(16-23(18)29(32)33)24-15-14-22(34-24)17-27-28-25(30)26(31,20-8-4-2-5-9-20)21-10-6-3-7-11-21/h2-17,31H,1H3,(H,28,30)/b27-17+. The van der Waals surface area contributed by atoms with E-state index in [9.17, 15) is 20.0 Å². The van der Waals surface area contributed by atoms with Crippen LogP contribution in [-0.2, 0) is 10.4 Å². The van der Waals surface area contributed by atoms with Gasteiger partial charge in [0.2, 0.25) is 0 Å². The van der Waals surface area contributed by atoms with Crippen molar-refractivity contribution < 1.29 is 19.2 Å². The van der Waals surface area contributed by atoms with Gasteiger partial charge in [0.05, 0.1) is 11.1 Å². The van der Waals surface area contributed by atoms with Gasteiger partial charge in [-0.1, -0.05) is 72.8 Å². The van der Waals surface area contributed by atoms with Crippen molar-refractivity contribution in [1.29, 1.82) is 0 Å². The van der Waals surface area contributed by atoms with Crippen LogP contribution in [0.4, 0.5) is 5.69 Å². The highest BCUT2D eigenvalue weighted by Gasteiger charge is 2.39. The lowest BCUT2D eigenvalue weighted by Crippen LogP contribution is -2.43. The molecule has 1 heterocycles. The molecule has 0 radical (unpaired) electrons.